The van der Waals surface area contributed by atoms with E-state index in [1.807, 2.05) is 0 Å². The van der Waals surface area contributed by atoms with Crippen molar-refractivity contribution in [1.82, 2.24) is 4.98 Å². The van der Waals surface area contributed by atoms with Crippen LogP contribution in [0.4, 0.5) is 0 Å². The van der Waals surface area contributed by atoms with Crippen molar-refractivity contribution in [2.24, 2.45) is 5.92 Å². The molecular formula is C14H16ClNO2. The summed E-state index contributed by atoms with van der Waals surface area (Å²) in [6, 6.07) is 3.44. The first-order valence-corrected chi connectivity index (χ1v) is 6.86. The van der Waals surface area contributed by atoms with E-state index in [4.69, 9.17) is 16.3 Å². The van der Waals surface area contributed by atoms with Crippen molar-refractivity contribution in [2.45, 2.75) is 37.7 Å². The van der Waals surface area contributed by atoms with Gasteiger partial charge in [-0.2, -0.15) is 0 Å². The zero-order valence-corrected chi connectivity index (χ0v) is 10.9. The van der Waals surface area contributed by atoms with E-state index < -0.39 is 0 Å². The highest BCUT2D eigenvalue weighted by Crippen LogP contribution is 2.44. The monoisotopic (exact) mass is 265 g/mol. The van der Waals surface area contributed by atoms with Crippen molar-refractivity contribution >= 4 is 17.4 Å². The molecule has 0 bridgehead atoms. The molecule has 1 unspecified atom stereocenters. The summed E-state index contributed by atoms with van der Waals surface area (Å²) in [5, 5.41) is 0.564. The summed E-state index contributed by atoms with van der Waals surface area (Å²) < 4.78 is 5.84. The highest BCUT2D eigenvalue weighted by Gasteiger charge is 2.44. The number of carbonyl (C=O) groups excluding carboxylic acids is 1. The lowest BCUT2D eigenvalue weighted by molar-refractivity contribution is -0.137. The molecule has 1 spiro atoms. The maximum atomic E-state index is 12.4. The third-order valence-corrected chi connectivity index (χ3v) is 4.33. The number of hydrogen-bond donors (Lipinski definition) is 0. The van der Waals surface area contributed by atoms with E-state index in [0.717, 1.165) is 25.7 Å². The van der Waals surface area contributed by atoms with E-state index in [1.54, 1.807) is 12.1 Å². The van der Waals surface area contributed by atoms with Crippen LogP contribution in [-0.4, -0.2) is 23.0 Å². The highest BCUT2D eigenvalue weighted by molar-refractivity contribution is 6.30. The predicted octanol–water partition coefficient (Wildman–Crippen LogP) is 3.27. The van der Waals surface area contributed by atoms with Crippen LogP contribution in [0.1, 0.15) is 42.6 Å². The first kappa shape index (κ1) is 12.1. The number of pyridine rings is 1. The van der Waals surface area contributed by atoms with Gasteiger partial charge >= 0.3 is 0 Å². The van der Waals surface area contributed by atoms with Crippen LogP contribution in [0.15, 0.2) is 18.3 Å². The summed E-state index contributed by atoms with van der Waals surface area (Å²) in [5.41, 5.74) is 0.533. The highest BCUT2D eigenvalue weighted by atomic mass is 35.5. The predicted molar refractivity (Wildman–Crippen MR) is 68.8 cm³/mol. The Morgan fingerprint density at radius 2 is 2.28 bits per heavy atom. The Bertz CT molecular complexity index is 453. The van der Waals surface area contributed by atoms with E-state index in [9.17, 15) is 4.79 Å². The first-order chi connectivity index (χ1) is 8.69. The van der Waals surface area contributed by atoms with Crippen LogP contribution in [0.3, 0.4) is 0 Å². The van der Waals surface area contributed by atoms with Gasteiger partial charge in [0.05, 0.1) is 10.6 Å². The average Bonchev–Trinajstić information content (AvgIpc) is 2.37. The van der Waals surface area contributed by atoms with Crippen molar-refractivity contribution in [3.8, 4) is 0 Å². The minimum Gasteiger partial charge on any atom is -0.375 e. The summed E-state index contributed by atoms with van der Waals surface area (Å²) in [7, 11) is 0. The molecule has 1 saturated heterocycles. The van der Waals surface area contributed by atoms with Gasteiger partial charge in [-0.15, -0.1) is 0 Å². The molecule has 96 valence electrons. The molecule has 0 radical (unpaired) electrons. The van der Waals surface area contributed by atoms with Gasteiger partial charge in [0.2, 0.25) is 0 Å². The Hall–Kier alpha value is -0.930. The van der Waals surface area contributed by atoms with Gasteiger partial charge in [0.15, 0.2) is 5.78 Å². The van der Waals surface area contributed by atoms with E-state index >= 15 is 0 Å². The molecule has 1 saturated carbocycles. The lowest BCUT2D eigenvalue weighted by Gasteiger charge is -2.46. The number of hydrogen-bond acceptors (Lipinski definition) is 3. The third kappa shape index (κ3) is 2.17. The van der Waals surface area contributed by atoms with Crippen LogP contribution in [0.5, 0.6) is 0 Å². The molecule has 1 aliphatic heterocycles. The fourth-order valence-electron chi connectivity index (χ4n) is 2.90. The molecule has 0 aromatic carbocycles. The standard InChI is InChI=1S/C14H16ClNO2/c15-11-2-3-12(16-9-11)13(17)10-4-7-18-14(8-10)5-1-6-14/h2-3,9-10H,1,4-8H2. The average molecular weight is 266 g/mol. The van der Waals surface area contributed by atoms with E-state index in [1.165, 1.54) is 12.6 Å². The summed E-state index contributed by atoms with van der Waals surface area (Å²) in [4.78, 5) is 16.5. The van der Waals surface area contributed by atoms with Crippen LogP contribution in [0.2, 0.25) is 5.02 Å². The third-order valence-electron chi connectivity index (χ3n) is 4.11. The number of ketones is 1. The molecule has 3 rings (SSSR count). The normalized spacial score (nSPS) is 25.7. The summed E-state index contributed by atoms with van der Waals surface area (Å²) in [6.07, 6.45) is 6.63. The minimum absolute atomic E-state index is 0.00496. The summed E-state index contributed by atoms with van der Waals surface area (Å²) in [5.74, 6) is 0.203. The topological polar surface area (TPSA) is 39.2 Å². The number of aromatic nitrogens is 1. The second-order valence-corrected chi connectivity index (χ2v) is 5.74. The Morgan fingerprint density at radius 1 is 1.44 bits per heavy atom. The zero-order valence-electron chi connectivity index (χ0n) is 10.2. The second kappa shape index (κ2) is 4.63. The number of ether oxygens (including phenoxy) is 1. The second-order valence-electron chi connectivity index (χ2n) is 5.30. The Balaban J connectivity index is 1.74. The van der Waals surface area contributed by atoms with Crippen molar-refractivity contribution in [3.63, 3.8) is 0 Å². The molecule has 2 fully saturated rings. The number of nitrogens with zero attached hydrogens (tertiary/aromatic N) is 1. The van der Waals surface area contributed by atoms with Crippen LogP contribution in [0, 0.1) is 5.92 Å². The first-order valence-electron chi connectivity index (χ1n) is 6.48. The van der Waals surface area contributed by atoms with Gasteiger partial charge in [0.25, 0.3) is 0 Å². The van der Waals surface area contributed by atoms with Crippen LogP contribution in [-0.2, 0) is 4.74 Å². The van der Waals surface area contributed by atoms with Crippen LogP contribution < -0.4 is 0 Å². The van der Waals surface area contributed by atoms with Crippen molar-refractivity contribution in [2.75, 3.05) is 6.61 Å². The van der Waals surface area contributed by atoms with Gasteiger partial charge in [-0.1, -0.05) is 11.6 Å². The molecule has 1 atom stereocenters. The zero-order chi connectivity index (χ0) is 12.6. The van der Waals surface area contributed by atoms with Crippen LogP contribution in [0.25, 0.3) is 0 Å². The smallest absolute Gasteiger partial charge is 0.184 e. The van der Waals surface area contributed by atoms with Gasteiger partial charge < -0.3 is 4.74 Å². The SMILES string of the molecule is O=C(c1ccc(Cl)cn1)C1CCOC2(CCC2)C1. The number of halogens is 1. The quantitative estimate of drug-likeness (QED) is 0.771. The lowest BCUT2D eigenvalue weighted by Crippen LogP contribution is -2.47. The fraction of sp³-hybridized carbons (Fsp3) is 0.571. The lowest BCUT2D eigenvalue weighted by atomic mass is 9.71. The largest absolute Gasteiger partial charge is 0.375 e. The van der Waals surface area contributed by atoms with E-state index in [2.05, 4.69) is 4.98 Å². The van der Waals surface area contributed by atoms with E-state index in [-0.39, 0.29) is 17.3 Å². The maximum Gasteiger partial charge on any atom is 0.184 e. The number of Topliss-reactive ketones (excluding diaryl/α,β-unsaturated/α-hetero) is 1. The van der Waals surface area contributed by atoms with E-state index in [0.29, 0.717) is 17.3 Å². The van der Waals surface area contributed by atoms with Crippen molar-refractivity contribution in [3.05, 3.63) is 29.0 Å². The van der Waals surface area contributed by atoms with Crippen molar-refractivity contribution in [1.29, 1.82) is 0 Å². The van der Waals surface area contributed by atoms with Crippen molar-refractivity contribution < 1.29 is 9.53 Å². The number of carbonyl (C=O) groups is 1. The Kier molecular flexibility index (Phi) is 3.12. The van der Waals surface area contributed by atoms with Crippen LogP contribution >= 0.6 is 11.6 Å². The van der Waals surface area contributed by atoms with Gasteiger partial charge in [-0.3, -0.25) is 9.78 Å². The minimum atomic E-state index is 0.00496. The van der Waals surface area contributed by atoms with Gasteiger partial charge in [-0.05, 0) is 44.2 Å². The molecule has 0 N–H and O–H groups in total. The molecule has 1 aliphatic carbocycles. The Labute approximate surface area is 112 Å². The molecule has 3 nitrogen and oxygen atoms in total. The summed E-state index contributed by atoms with van der Waals surface area (Å²) in [6.45, 7) is 0.698. The Morgan fingerprint density at radius 3 is 2.89 bits per heavy atom. The molecule has 1 aromatic heterocycles. The molecule has 1 aromatic rings. The molecular weight excluding hydrogens is 250 g/mol. The fourth-order valence-corrected chi connectivity index (χ4v) is 3.01. The molecule has 0 amide bonds. The van der Waals surface area contributed by atoms with Gasteiger partial charge in [0, 0.05) is 18.7 Å². The molecule has 2 heterocycles. The van der Waals surface area contributed by atoms with Gasteiger partial charge in [0.1, 0.15) is 5.69 Å². The number of rotatable bonds is 2. The molecule has 18 heavy (non-hydrogen) atoms. The maximum absolute atomic E-state index is 12.4. The molecule has 4 heteroatoms. The summed E-state index contributed by atoms with van der Waals surface area (Å²) >= 11 is 5.79. The molecule has 2 aliphatic rings. The van der Waals surface area contributed by atoms with Gasteiger partial charge in [-0.25, -0.2) is 0 Å².